The summed E-state index contributed by atoms with van der Waals surface area (Å²) in [5.41, 5.74) is 1.04. The van der Waals surface area contributed by atoms with Crippen molar-refractivity contribution in [3.63, 3.8) is 0 Å². The van der Waals surface area contributed by atoms with Crippen LogP contribution in [0.5, 0.6) is 0 Å². The highest BCUT2D eigenvalue weighted by Crippen LogP contribution is 2.51. The highest BCUT2D eigenvalue weighted by atomic mass is 32.2. The van der Waals surface area contributed by atoms with Gasteiger partial charge in [0.1, 0.15) is 5.78 Å². The predicted octanol–water partition coefficient (Wildman–Crippen LogP) is 4.23. The number of terminal acetylenes is 1. The van der Waals surface area contributed by atoms with E-state index in [0.717, 1.165) is 50.0 Å². The molecule has 0 bridgehead atoms. The van der Waals surface area contributed by atoms with Gasteiger partial charge in [-0.3, -0.25) is 4.79 Å². The van der Waals surface area contributed by atoms with Gasteiger partial charge in [-0.2, -0.15) is 11.8 Å². The number of carbonyl (C=O) groups excluding carboxylic acids is 1. The second-order valence-electron chi connectivity index (χ2n) is 6.68. The van der Waals surface area contributed by atoms with Gasteiger partial charge in [-0.05, 0) is 37.5 Å². The molecule has 2 aliphatic carbocycles. The summed E-state index contributed by atoms with van der Waals surface area (Å²) in [6, 6.07) is 0. The monoisotopic (exact) mass is 322 g/mol. The number of hydrogen-bond acceptors (Lipinski definition) is 3. The number of rotatable bonds is 6. The average Bonchev–Trinajstić information content (AvgIpc) is 2.87. The largest absolute Gasteiger partial charge is 0.389 e. The summed E-state index contributed by atoms with van der Waals surface area (Å²) < 4.78 is 0. The molecule has 0 saturated heterocycles. The van der Waals surface area contributed by atoms with Gasteiger partial charge in [0.2, 0.25) is 0 Å². The molecular weight excluding hydrogens is 292 g/mol. The van der Waals surface area contributed by atoms with Crippen molar-refractivity contribution < 1.29 is 9.90 Å². The summed E-state index contributed by atoms with van der Waals surface area (Å²) in [5.74, 6) is 2.48. The van der Waals surface area contributed by atoms with E-state index in [-0.39, 0.29) is 11.3 Å². The minimum atomic E-state index is -0.521. The number of carbonyl (C=O) groups is 1. The van der Waals surface area contributed by atoms with Gasteiger partial charge in [0.15, 0.2) is 0 Å². The Labute approximate surface area is 140 Å². The zero-order valence-corrected chi connectivity index (χ0v) is 15.0. The van der Waals surface area contributed by atoms with Crippen LogP contribution in [0.1, 0.15) is 59.3 Å². The Morgan fingerprint density at radius 3 is 2.64 bits per heavy atom. The van der Waals surface area contributed by atoms with E-state index in [4.69, 9.17) is 0 Å². The standard InChI is InChI=1S/C17H28O2S.C2H2/c1-4-17(19,5-2)12-20-11-13-8-9-14-15(18)7-6-10-16(13,14)3;1-2/h8,14,19H,4-7,9-12H2,1-3H3;1-2H. The lowest BCUT2D eigenvalue weighted by atomic mass is 9.66. The molecule has 0 heterocycles. The van der Waals surface area contributed by atoms with Crippen LogP contribution in [0.15, 0.2) is 11.6 Å². The lowest BCUT2D eigenvalue weighted by Crippen LogP contribution is -2.36. The van der Waals surface area contributed by atoms with Gasteiger partial charge >= 0.3 is 0 Å². The fraction of sp³-hybridized carbons (Fsp3) is 0.737. The summed E-state index contributed by atoms with van der Waals surface area (Å²) in [4.78, 5) is 12.1. The summed E-state index contributed by atoms with van der Waals surface area (Å²) in [5, 5.41) is 10.3. The first-order valence-corrected chi connectivity index (χ1v) is 9.46. The van der Waals surface area contributed by atoms with Crippen molar-refractivity contribution in [1.29, 1.82) is 0 Å². The first-order valence-electron chi connectivity index (χ1n) is 8.31. The summed E-state index contributed by atoms with van der Waals surface area (Å²) >= 11 is 1.83. The van der Waals surface area contributed by atoms with E-state index in [1.807, 2.05) is 11.8 Å². The Morgan fingerprint density at radius 1 is 1.41 bits per heavy atom. The molecule has 0 radical (unpaired) electrons. The normalized spacial score (nSPS) is 27.6. The summed E-state index contributed by atoms with van der Waals surface area (Å²) in [6.07, 6.45) is 15.8. The SMILES string of the molecule is C#C.CCC(O)(CC)CSCC1=CCC2C(=O)CCCC12C. The van der Waals surface area contributed by atoms with Gasteiger partial charge < -0.3 is 5.11 Å². The van der Waals surface area contributed by atoms with Crippen LogP contribution in [-0.2, 0) is 4.79 Å². The van der Waals surface area contributed by atoms with Crippen LogP contribution in [0.2, 0.25) is 0 Å². The number of aliphatic hydroxyl groups is 1. The minimum Gasteiger partial charge on any atom is -0.389 e. The van der Waals surface area contributed by atoms with Gasteiger partial charge in [-0.1, -0.05) is 32.4 Å². The maximum absolute atomic E-state index is 12.1. The molecular formula is C19H30O2S. The lowest BCUT2D eigenvalue weighted by Gasteiger charge is -2.38. The van der Waals surface area contributed by atoms with Gasteiger partial charge in [0.05, 0.1) is 5.60 Å². The molecule has 124 valence electrons. The van der Waals surface area contributed by atoms with Crippen molar-refractivity contribution in [2.45, 2.75) is 64.9 Å². The highest BCUT2D eigenvalue weighted by Gasteiger charge is 2.46. The Morgan fingerprint density at radius 2 is 2.05 bits per heavy atom. The fourth-order valence-electron chi connectivity index (χ4n) is 3.63. The molecule has 0 aromatic rings. The molecule has 2 aliphatic rings. The zero-order valence-electron chi connectivity index (χ0n) is 14.2. The number of hydrogen-bond donors (Lipinski definition) is 1. The fourth-order valence-corrected chi connectivity index (χ4v) is 5.19. The summed E-state index contributed by atoms with van der Waals surface area (Å²) in [7, 11) is 0. The van der Waals surface area contributed by atoms with Crippen LogP contribution in [0.3, 0.4) is 0 Å². The van der Waals surface area contributed by atoms with Crippen molar-refractivity contribution in [3.8, 4) is 12.8 Å². The molecule has 2 nitrogen and oxygen atoms in total. The van der Waals surface area contributed by atoms with Crippen molar-refractivity contribution in [2.75, 3.05) is 11.5 Å². The van der Waals surface area contributed by atoms with Crippen LogP contribution in [0.25, 0.3) is 0 Å². The predicted molar refractivity (Wildman–Crippen MR) is 95.9 cm³/mol. The number of allylic oxidation sites excluding steroid dienone is 1. The number of ketones is 1. The Hall–Kier alpha value is -0.720. The second-order valence-corrected chi connectivity index (χ2v) is 7.66. The van der Waals surface area contributed by atoms with E-state index >= 15 is 0 Å². The van der Waals surface area contributed by atoms with Gasteiger partial charge in [0.25, 0.3) is 0 Å². The van der Waals surface area contributed by atoms with E-state index in [1.54, 1.807) is 0 Å². The van der Waals surface area contributed by atoms with Crippen molar-refractivity contribution in [1.82, 2.24) is 0 Å². The molecule has 1 saturated carbocycles. The highest BCUT2D eigenvalue weighted by molar-refractivity contribution is 7.99. The third-order valence-corrected chi connectivity index (χ3v) is 6.81. The maximum Gasteiger partial charge on any atom is 0.137 e. The Balaban J connectivity index is 0.00000116. The molecule has 2 atom stereocenters. The van der Waals surface area contributed by atoms with E-state index in [2.05, 4.69) is 39.7 Å². The van der Waals surface area contributed by atoms with E-state index in [0.29, 0.717) is 5.78 Å². The van der Waals surface area contributed by atoms with E-state index in [1.165, 1.54) is 5.57 Å². The third kappa shape index (κ3) is 3.97. The lowest BCUT2D eigenvalue weighted by molar-refractivity contribution is -0.127. The first-order chi connectivity index (χ1) is 10.4. The van der Waals surface area contributed by atoms with Gasteiger partial charge in [-0.25, -0.2) is 0 Å². The average molecular weight is 323 g/mol. The molecule has 0 aliphatic heterocycles. The number of fused-ring (bicyclic) bond motifs is 1. The van der Waals surface area contributed by atoms with Crippen LogP contribution in [-0.4, -0.2) is 28.0 Å². The first kappa shape index (κ1) is 19.3. The smallest absolute Gasteiger partial charge is 0.137 e. The zero-order chi connectivity index (χ0) is 16.8. The molecule has 2 rings (SSSR count). The van der Waals surface area contributed by atoms with Crippen LogP contribution >= 0.6 is 11.8 Å². The van der Waals surface area contributed by atoms with Crippen molar-refractivity contribution in [2.24, 2.45) is 11.3 Å². The second kappa shape index (κ2) is 8.22. The number of thioether (sulfide) groups is 1. The Bertz CT molecular complexity index is 434. The molecule has 0 aromatic heterocycles. The molecule has 1 fully saturated rings. The summed E-state index contributed by atoms with van der Waals surface area (Å²) in [6.45, 7) is 6.38. The topological polar surface area (TPSA) is 37.3 Å². The van der Waals surface area contributed by atoms with Gasteiger partial charge in [0, 0.05) is 23.8 Å². The molecule has 0 spiro atoms. The Kier molecular flexibility index (Phi) is 7.22. The van der Waals surface area contributed by atoms with Crippen LogP contribution < -0.4 is 0 Å². The van der Waals surface area contributed by atoms with E-state index < -0.39 is 5.60 Å². The third-order valence-electron chi connectivity index (χ3n) is 5.56. The van der Waals surface area contributed by atoms with Crippen molar-refractivity contribution >= 4 is 17.5 Å². The molecule has 1 N–H and O–H groups in total. The molecule has 0 amide bonds. The van der Waals surface area contributed by atoms with E-state index in [9.17, 15) is 9.90 Å². The molecule has 22 heavy (non-hydrogen) atoms. The minimum absolute atomic E-state index is 0.110. The van der Waals surface area contributed by atoms with Crippen LogP contribution in [0.4, 0.5) is 0 Å². The van der Waals surface area contributed by atoms with Gasteiger partial charge in [-0.15, -0.1) is 12.8 Å². The molecule has 2 unspecified atom stereocenters. The number of Topliss-reactive ketones (excluding diaryl/α,β-unsaturated/α-hetero) is 1. The maximum atomic E-state index is 12.1. The molecule has 3 heteroatoms. The van der Waals surface area contributed by atoms with Crippen LogP contribution in [0, 0.1) is 24.2 Å². The quantitative estimate of drug-likeness (QED) is 0.587. The van der Waals surface area contributed by atoms with Crippen molar-refractivity contribution in [3.05, 3.63) is 11.6 Å². The molecule has 0 aromatic carbocycles.